The lowest BCUT2D eigenvalue weighted by Gasteiger charge is -2.26. The molecule has 1 aromatic carbocycles. The van der Waals surface area contributed by atoms with Gasteiger partial charge in [0.05, 0.1) is 25.5 Å². The number of hydrogen-bond acceptors (Lipinski definition) is 5. The third-order valence-electron chi connectivity index (χ3n) is 5.12. The Balaban J connectivity index is 0.00000450. The van der Waals surface area contributed by atoms with E-state index in [0.29, 0.717) is 24.7 Å². The van der Waals surface area contributed by atoms with Gasteiger partial charge in [-0.1, -0.05) is 64.0 Å². The number of halogens is 1. The maximum Gasteiger partial charge on any atom is 0.411 e. The molecule has 7 heteroatoms. The van der Waals surface area contributed by atoms with E-state index in [1.807, 2.05) is 24.3 Å². The number of rotatable bonds is 14. The monoisotopic (exact) mass is 442 g/mol. The molecule has 0 unspecified atom stereocenters. The maximum atomic E-state index is 12.1. The van der Waals surface area contributed by atoms with Crippen molar-refractivity contribution >= 4 is 24.2 Å². The average molecular weight is 443 g/mol. The van der Waals surface area contributed by atoms with Crippen LogP contribution in [-0.2, 0) is 9.47 Å². The van der Waals surface area contributed by atoms with Gasteiger partial charge in [0.15, 0.2) is 0 Å². The fraction of sp³-hybridized carbons (Fsp3) is 0.696. The number of amides is 1. The van der Waals surface area contributed by atoms with E-state index in [0.717, 1.165) is 39.3 Å². The van der Waals surface area contributed by atoms with Crippen molar-refractivity contribution in [3.8, 4) is 5.75 Å². The van der Waals surface area contributed by atoms with Crippen molar-refractivity contribution in [3.63, 3.8) is 0 Å². The van der Waals surface area contributed by atoms with Gasteiger partial charge < -0.3 is 14.2 Å². The van der Waals surface area contributed by atoms with Crippen LogP contribution < -0.4 is 10.1 Å². The SMILES string of the molecule is CCCCCCCCCCOc1ccccc1NC(=O)OCCN1CCOCC1.Cl. The Bertz CT molecular complexity index is 568. The maximum absolute atomic E-state index is 12.1. The number of benzene rings is 1. The quantitative estimate of drug-likeness (QED) is 0.385. The van der Waals surface area contributed by atoms with Crippen LogP contribution in [0.1, 0.15) is 58.3 Å². The molecule has 30 heavy (non-hydrogen) atoms. The summed E-state index contributed by atoms with van der Waals surface area (Å²) in [6.45, 7) is 7.28. The number of anilines is 1. The van der Waals surface area contributed by atoms with E-state index >= 15 is 0 Å². The lowest BCUT2D eigenvalue weighted by molar-refractivity contribution is 0.0290. The molecule has 1 heterocycles. The van der Waals surface area contributed by atoms with Crippen LogP contribution in [0.15, 0.2) is 24.3 Å². The summed E-state index contributed by atoms with van der Waals surface area (Å²) in [5.74, 6) is 0.695. The third kappa shape index (κ3) is 11.6. The highest BCUT2D eigenvalue weighted by Gasteiger charge is 2.12. The molecule has 1 aliphatic heterocycles. The number of carbonyl (C=O) groups excluding carboxylic acids is 1. The molecule has 0 aromatic heterocycles. The zero-order valence-corrected chi connectivity index (χ0v) is 19.2. The molecule has 0 radical (unpaired) electrons. The van der Waals surface area contributed by atoms with E-state index < -0.39 is 6.09 Å². The Morgan fingerprint density at radius 1 is 1.00 bits per heavy atom. The molecule has 172 valence electrons. The first-order valence-corrected chi connectivity index (χ1v) is 11.3. The van der Waals surface area contributed by atoms with Crippen LogP contribution in [0.25, 0.3) is 0 Å². The average Bonchev–Trinajstić information content (AvgIpc) is 2.74. The number of hydrogen-bond donors (Lipinski definition) is 1. The van der Waals surface area contributed by atoms with Gasteiger partial charge in [0.2, 0.25) is 0 Å². The lowest BCUT2D eigenvalue weighted by Crippen LogP contribution is -2.38. The second-order valence-corrected chi connectivity index (χ2v) is 7.53. The number of nitrogens with zero attached hydrogens (tertiary/aromatic N) is 1. The Hall–Kier alpha value is -1.50. The highest BCUT2D eigenvalue weighted by molar-refractivity contribution is 5.86. The number of unbranched alkanes of at least 4 members (excludes halogenated alkanes) is 7. The minimum absolute atomic E-state index is 0. The van der Waals surface area contributed by atoms with Crippen LogP contribution in [0.5, 0.6) is 5.75 Å². The van der Waals surface area contributed by atoms with Gasteiger partial charge >= 0.3 is 6.09 Å². The van der Waals surface area contributed by atoms with Crippen molar-refractivity contribution in [2.75, 3.05) is 51.4 Å². The Morgan fingerprint density at radius 2 is 1.67 bits per heavy atom. The smallest absolute Gasteiger partial charge is 0.411 e. The highest BCUT2D eigenvalue weighted by Crippen LogP contribution is 2.24. The van der Waals surface area contributed by atoms with Gasteiger partial charge in [0.1, 0.15) is 12.4 Å². The second-order valence-electron chi connectivity index (χ2n) is 7.53. The van der Waals surface area contributed by atoms with E-state index in [-0.39, 0.29) is 12.4 Å². The summed E-state index contributed by atoms with van der Waals surface area (Å²) >= 11 is 0. The van der Waals surface area contributed by atoms with Crippen LogP contribution in [0.4, 0.5) is 10.5 Å². The van der Waals surface area contributed by atoms with Crippen molar-refractivity contribution < 1.29 is 19.0 Å². The topological polar surface area (TPSA) is 60.0 Å². The molecule has 1 aliphatic rings. The first-order chi connectivity index (χ1) is 14.3. The van der Waals surface area contributed by atoms with Gasteiger partial charge in [-0.15, -0.1) is 12.4 Å². The Labute approximate surface area is 188 Å². The number of para-hydroxylation sites is 2. The number of morpholine rings is 1. The van der Waals surface area contributed by atoms with Crippen molar-refractivity contribution in [2.24, 2.45) is 0 Å². The molecule has 0 spiro atoms. The fourth-order valence-corrected chi connectivity index (χ4v) is 3.35. The van der Waals surface area contributed by atoms with Crippen LogP contribution >= 0.6 is 12.4 Å². The molecule has 6 nitrogen and oxygen atoms in total. The van der Waals surface area contributed by atoms with Gasteiger partial charge in [0.25, 0.3) is 0 Å². The molecule has 1 N–H and O–H groups in total. The van der Waals surface area contributed by atoms with E-state index in [9.17, 15) is 4.79 Å². The molecule has 0 bridgehead atoms. The third-order valence-corrected chi connectivity index (χ3v) is 5.12. The van der Waals surface area contributed by atoms with Gasteiger partial charge in [-0.3, -0.25) is 10.2 Å². The standard InChI is InChI=1S/C23H38N2O4.ClH/c1-2-3-4-5-6-7-8-11-17-28-22-13-10-9-12-21(22)24-23(26)29-20-16-25-14-18-27-19-15-25;/h9-10,12-13H,2-8,11,14-20H2,1H3,(H,24,26);1H. The van der Waals surface area contributed by atoms with E-state index in [4.69, 9.17) is 14.2 Å². The van der Waals surface area contributed by atoms with Gasteiger partial charge in [-0.25, -0.2) is 4.79 Å². The highest BCUT2D eigenvalue weighted by atomic mass is 35.5. The molecule has 1 aromatic rings. The molecule has 1 saturated heterocycles. The Kier molecular flexibility index (Phi) is 15.2. The number of nitrogens with one attached hydrogen (secondary N) is 1. The molecular formula is C23H39ClN2O4. The van der Waals surface area contributed by atoms with E-state index in [1.165, 1.54) is 44.9 Å². The molecule has 0 atom stereocenters. The normalized spacial score (nSPS) is 14.0. The molecular weight excluding hydrogens is 404 g/mol. The number of ether oxygens (including phenoxy) is 3. The van der Waals surface area contributed by atoms with Crippen molar-refractivity contribution in [3.05, 3.63) is 24.3 Å². The largest absolute Gasteiger partial charge is 0.491 e. The minimum atomic E-state index is -0.443. The van der Waals surface area contributed by atoms with Gasteiger partial charge in [-0.05, 0) is 18.6 Å². The summed E-state index contributed by atoms with van der Waals surface area (Å²) in [4.78, 5) is 14.3. The summed E-state index contributed by atoms with van der Waals surface area (Å²) in [5, 5.41) is 2.80. The van der Waals surface area contributed by atoms with E-state index in [2.05, 4.69) is 17.1 Å². The van der Waals surface area contributed by atoms with Crippen molar-refractivity contribution in [1.82, 2.24) is 4.90 Å². The summed E-state index contributed by atoms with van der Waals surface area (Å²) in [6.07, 6.45) is 9.70. The summed E-state index contributed by atoms with van der Waals surface area (Å²) in [5.41, 5.74) is 0.656. The fourth-order valence-electron chi connectivity index (χ4n) is 3.35. The first kappa shape index (κ1) is 26.5. The molecule has 1 fully saturated rings. The first-order valence-electron chi connectivity index (χ1n) is 11.3. The Morgan fingerprint density at radius 3 is 2.40 bits per heavy atom. The van der Waals surface area contributed by atoms with Crippen molar-refractivity contribution in [2.45, 2.75) is 58.3 Å². The van der Waals surface area contributed by atoms with Crippen LogP contribution in [0.2, 0.25) is 0 Å². The number of carbonyl (C=O) groups is 1. The molecule has 0 saturated carbocycles. The minimum Gasteiger partial charge on any atom is -0.491 e. The predicted molar refractivity (Wildman–Crippen MR) is 124 cm³/mol. The van der Waals surface area contributed by atoms with Crippen LogP contribution in [0.3, 0.4) is 0 Å². The van der Waals surface area contributed by atoms with Crippen molar-refractivity contribution in [1.29, 1.82) is 0 Å². The molecule has 2 rings (SSSR count). The molecule has 0 aliphatic carbocycles. The molecule has 1 amide bonds. The summed E-state index contributed by atoms with van der Waals surface area (Å²) in [7, 11) is 0. The van der Waals surface area contributed by atoms with Crippen LogP contribution in [0, 0.1) is 0 Å². The predicted octanol–water partition coefficient (Wildman–Crippen LogP) is 5.51. The summed E-state index contributed by atoms with van der Waals surface area (Å²) in [6, 6.07) is 7.52. The van der Waals surface area contributed by atoms with Crippen LogP contribution in [-0.4, -0.2) is 57.1 Å². The second kappa shape index (κ2) is 17.2. The lowest BCUT2D eigenvalue weighted by atomic mass is 10.1. The van der Waals surface area contributed by atoms with Gasteiger partial charge in [0, 0.05) is 19.6 Å². The van der Waals surface area contributed by atoms with E-state index in [1.54, 1.807) is 0 Å². The van der Waals surface area contributed by atoms with Gasteiger partial charge in [-0.2, -0.15) is 0 Å². The zero-order chi connectivity index (χ0) is 20.6. The summed E-state index contributed by atoms with van der Waals surface area (Å²) < 4.78 is 16.5. The zero-order valence-electron chi connectivity index (χ0n) is 18.4.